The minimum Gasteiger partial charge on any atom is -0.462 e. The van der Waals surface area contributed by atoms with Crippen LogP contribution in [0.4, 0.5) is 0 Å². The Morgan fingerprint density at radius 2 is 0.931 bits per heavy atom. The van der Waals surface area contributed by atoms with Gasteiger partial charge in [-0.3, -0.25) is 18.6 Å². The molecular formula is C48H93NO8P+. The van der Waals surface area contributed by atoms with Gasteiger partial charge in [-0.05, 0) is 44.9 Å². The van der Waals surface area contributed by atoms with Crippen LogP contribution in [0.15, 0.2) is 24.3 Å². The number of unbranched alkanes of at least 4 members (excludes halogenated alkanes) is 26. The summed E-state index contributed by atoms with van der Waals surface area (Å²) in [4.78, 5) is 35.4. The van der Waals surface area contributed by atoms with Gasteiger partial charge in [0.05, 0.1) is 27.7 Å². The molecule has 0 aromatic carbocycles. The number of allylic oxidation sites excluding steroid dienone is 4. The van der Waals surface area contributed by atoms with E-state index in [0.717, 1.165) is 57.8 Å². The summed E-state index contributed by atoms with van der Waals surface area (Å²) in [5, 5.41) is 0. The van der Waals surface area contributed by atoms with Gasteiger partial charge in [0.2, 0.25) is 0 Å². The SMILES string of the molecule is CCCCC/C=C\C/C=C\CCCCCCCC(=O)O[C@H](COC(=O)CCCCCCCCCCCCCCCCCCCCC)COP(=O)(O)OCC[N+](C)(C)C. The number of carbonyl (C=O) groups excluding carboxylic acids is 2. The molecule has 342 valence electrons. The first kappa shape index (κ1) is 56.5. The molecule has 0 rings (SSSR count). The highest BCUT2D eigenvalue weighted by molar-refractivity contribution is 7.47. The fourth-order valence-electron chi connectivity index (χ4n) is 6.69. The smallest absolute Gasteiger partial charge is 0.462 e. The van der Waals surface area contributed by atoms with E-state index in [1.807, 2.05) is 21.1 Å². The standard InChI is InChI=1S/C48H92NO8P/c1-6-8-10-12-14-16-18-20-22-23-24-25-27-28-30-32-34-36-38-40-47(50)54-44-46(45-56-58(52,53)55-43-42-49(3,4)5)57-48(51)41-39-37-35-33-31-29-26-21-19-17-15-13-11-9-7-2/h15,17,21,26,46H,6-14,16,18-20,22-25,27-45H2,1-5H3/p+1/b17-15-,26-21-/t46-/m1/s1. The van der Waals surface area contributed by atoms with Crippen molar-refractivity contribution in [1.82, 2.24) is 0 Å². The van der Waals surface area contributed by atoms with Crippen molar-refractivity contribution in [1.29, 1.82) is 0 Å². The lowest BCUT2D eigenvalue weighted by Crippen LogP contribution is -2.37. The lowest BCUT2D eigenvalue weighted by Gasteiger charge is -2.24. The number of hydrogen-bond donors (Lipinski definition) is 1. The van der Waals surface area contributed by atoms with Gasteiger partial charge in [0.15, 0.2) is 6.10 Å². The van der Waals surface area contributed by atoms with E-state index in [1.165, 1.54) is 128 Å². The third kappa shape index (κ3) is 44.1. The monoisotopic (exact) mass is 843 g/mol. The van der Waals surface area contributed by atoms with Gasteiger partial charge in [-0.15, -0.1) is 0 Å². The van der Waals surface area contributed by atoms with Gasteiger partial charge in [-0.1, -0.05) is 186 Å². The molecule has 0 aromatic heterocycles. The summed E-state index contributed by atoms with van der Waals surface area (Å²) >= 11 is 0. The number of hydrogen-bond acceptors (Lipinski definition) is 7. The summed E-state index contributed by atoms with van der Waals surface area (Å²) in [6.07, 6.45) is 45.1. The molecule has 9 nitrogen and oxygen atoms in total. The Kier molecular flexibility index (Phi) is 39.8. The zero-order chi connectivity index (χ0) is 42.8. The second kappa shape index (κ2) is 40.9. The number of carbonyl (C=O) groups is 2. The largest absolute Gasteiger partial charge is 0.472 e. The van der Waals surface area contributed by atoms with Crippen molar-refractivity contribution in [2.45, 2.75) is 225 Å². The maximum atomic E-state index is 12.7. The topological polar surface area (TPSA) is 108 Å². The zero-order valence-electron chi connectivity index (χ0n) is 38.5. The molecule has 0 aliphatic carbocycles. The minimum atomic E-state index is -4.38. The van der Waals surface area contributed by atoms with Crippen LogP contribution < -0.4 is 0 Å². The minimum absolute atomic E-state index is 0.0307. The summed E-state index contributed by atoms with van der Waals surface area (Å²) in [5.41, 5.74) is 0. The van der Waals surface area contributed by atoms with E-state index >= 15 is 0 Å². The van der Waals surface area contributed by atoms with E-state index < -0.39 is 26.5 Å². The van der Waals surface area contributed by atoms with Gasteiger partial charge in [0.1, 0.15) is 19.8 Å². The number of rotatable bonds is 44. The highest BCUT2D eigenvalue weighted by Gasteiger charge is 2.27. The highest BCUT2D eigenvalue weighted by atomic mass is 31.2. The molecule has 1 N–H and O–H groups in total. The van der Waals surface area contributed by atoms with Crippen LogP contribution in [-0.4, -0.2) is 74.9 Å². The number of ether oxygens (including phenoxy) is 2. The van der Waals surface area contributed by atoms with Crippen LogP contribution in [0, 0.1) is 0 Å². The molecule has 0 aliphatic rings. The number of likely N-dealkylation sites (N-methyl/N-ethyl adjacent to an activating group) is 1. The second-order valence-electron chi connectivity index (χ2n) is 17.5. The van der Waals surface area contributed by atoms with Crippen LogP contribution in [0.5, 0.6) is 0 Å². The molecule has 0 saturated heterocycles. The predicted octanol–water partition coefficient (Wildman–Crippen LogP) is 13.9. The van der Waals surface area contributed by atoms with Crippen LogP contribution in [0.2, 0.25) is 0 Å². The lowest BCUT2D eigenvalue weighted by molar-refractivity contribution is -0.870. The normalized spacial score (nSPS) is 13.7. The fraction of sp³-hybridized carbons (Fsp3) is 0.875. The van der Waals surface area contributed by atoms with Crippen molar-refractivity contribution in [3.63, 3.8) is 0 Å². The van der Waals surface area contributed by atoms with E-state index in [0.29, 0.717) is 23.9 Å². The van der Waals surface area contributed by atoms with Gasteiger partial charge in [0.25, 0.3) is 0 Å². The zero-order valence-corrected chi connectivity index (χ0v) is 39.4. The summed E-state index contributed by atoms with van der Waals surface area (Å²) in [6, 6.07) is 0. The van der Waals surface area contributed by atoms with Crippen molar-refractivity contribution in [3.8, 4) is 0 Å². The Labute approximate surface area is 358 Å². The van der Waals surface area contributed by atoms with Crippen LogP contribution >= 0.6 is 7.82 Å². The predicted molar refractivity (Wildman–Crippen MR) is 243 cm³/mol. The van der Waals surface area contributed by atoms with E-state index in [1.54, 1.807) is 0 Å². The number of nitrogens with zero attached hydrogens (tertiary/aromatic N) is 1. The molecule has 0 heterocycles. The number of phosphoric ester groups is 1. The Morgan fingerprint density at radius 1 is 0.534 bits per heavy atom. The first-order chi connectivity index (χ1) is 28.0. The third-order valence-electron chi connectivity index (χ3n) is 10.5. The van der Waals surface area contributed by atoms with Crippen molar-refractivity contribution in [3.05, 3.63) is 24.3 Å². The van der Waals surface area contributed by atoms with E-state index in [2.05, 4.69) is 38.2 Å². The highest BCUT2D eigenvalue weighted by Crippen LogP contribution is 2.43. The average Bonchev–Trinajstić information content (AvgIpc) is 3.17. The molecule has 0 aromatic rings. The summed E-state index contributed by atoms with van der Waals surface area (Å²) in [6.45, 7) is 4.41. The molecule has 0 radical (unpaired) electrons. The van der Waals surface area contributed by atoms with Gasteiger partial charge in [-0.25, -0.2) is 4.57 Å². The number of phosphoric acid groups is 1. The molecule has 0 saturated carbocycles. The third-order valence-corrected chi connectivity index (χ3v) is 11.5. The first-order valence-corrected chi connectivity index (χ1v) is 25.6. The molecule has 2 atom stereocenters. The van der Waals surface area contributed by atoms with Crippen molar-refractivity contribution in [2.24, 2.45) is 0 Å². The van der Waals surface area contributed by atoms with Gasteiger partial charge < -0.3 is 18.9 Å². The maximum Gasteiger partial charge on any atom is 0.472 e. The molecule has 0 fully saturated rings. The van der Waals surface area contributed by atoms with Crippen LogP contribution in [0.25, 0.3) is 0 Å². The number of quaternary nitrogens is 1. The molecule has 1 unspecified atom stereocenters. The lowest BCUT2D eigenvalue weighted by atomic mass is 10.0. The summed E-state index contributed by atoms with van der Waals surface area (Å²) < 4.78 is 34.4. The van der Waals surface area contributed by atoms with E-state index in [-0.39, 0.29) is 25.6 Å². The summed E-state index contributed by atoms with van der Waals surface area (Å²) in [7, 11) is 1.47. The van der Waals surface area contributed by atoms with Gasteiger partial charge in [0, 0.05) is 12.8 Å². The van der Waals surface area contributed by atoms with E-state index in [4.69, 9.17) is 18.5 Å². The Morgan fingerprint density at radius 3 is 1.40 bits per heavy atom. The molecular weight excluding hydrogens is 750 g/mol. The van der Waals surface area contributed by atoms with Crippen LogP contribution in [0.3, 0.4) is 0 Å². The van der Waals surface area contributed by atoms with Crippen molar-refractivity contribution >= 4 is 19.8 Å². The average molecular weight is 843 g/mol. The van der Waals surface area contributed by atoms with Gasteiger partial charge in [-0.2, -0.15) is 0 Å². The van der Waals surface area contributed by atoms with Crippen molar-refractivity contribution < 1.29 is 42.1 Å². The number of esters is 2. The summed E-state index contributed by atoms with van der Waals surface area (Å²) in [5.74, 6) is -0.805. The van der Waals surface area contributed by atoms with Crippen LogP contribution in [0.1, 0.15) is 219 Å². The molecule has 58 heavy (non-hydrogen) atoms. The molecule has 0 aliphatic heterocycles. The Hall–Kier alpha value is -1.51. The molecule has 10 heteroatoms. The van der Waals surface area contributed by atoms with E-state index in [9.17, 15) is 19.0 Å². The van der Waals surface area contributed by atoms with Crippen LogP contribution in [-0.2, 0) is 32.7 Å². The second-order valence-corrected chi connectivity index (χ2v) is 19.0. The Bertz CT molecular complexity index is 1040. The molecule has 0 amide bonds. The van der Waals surface area contributed by atoms with Crippen molar-refractivity contribution in [2.75, 3.05) is 47.5 Å². The molecule has 0 spiro atoms. The molecule has 0 bridgehead atoms. The Balaban J connectivity index is 4.27. The first-order valence-electron chi connectivity index (χ1n) is 24.1. The van der Waals surface area contributed by atoms with Gasteiger partial charge >= 0.3 is 19.8 Å². The fourth-order valence-corrected chi connectivity index (χ4v) is 7.43. The quantitative estimate of drug-likeness (QED) is 0.0212. The maximum absolute atomic E-state index is 12.7.